The molecule has 3 nitrogen and oxygen atoms in total. The molecule has 110 valence electrons. The van der Waals surface area contributed by atoms with Crippen molar-refractivity contribution in [2.75, 3.05) is 19.6 Å². The van der Waals surface area contributed by atoms with Crippen molar-refractivity contribution in [3.63, 3.8) is 0 Å². The van der Waals surface area contributed by atoms with E-state index in [1.165, 1.54) is 17.5 Å². The standard InChI is InChI=1S/C16H23BrN2O/c1-12-5-6-15(17)9-14(12)3-2-4-16(20)19-11-13-7-8-18-10-13/h5-6,9,13,18H,2-4,7-8,10-11H2,1H3,(H,19,20). The normalized spacial score (nSPS) is 18.2. The molecule has 1 atom stereocenters. The van der Waals surface area contributed by atoms with Crippen LogP contribution in [0.5, 0.6) is 0 Å². The average Bonchev–Trinajstić information content (AvgIpc) is 2.93. The number of rotatable bonds is 6. The number of nitrogens with one attached hydrogen (secondary N) is 2. The maximum Gasteiger partial charge on any atom is 0.220 e. The third-order valence-electron chi connectivity index (χ3n) is 3.91. The van der Waals surface area contributed by atoms with Crippen molar-refractivity contribution in [3.05, 3.63) is 33.8 Å². The second kappa shape index (κ2) is 7.79. The largest absolute Gasteiger partial charge is 0.356 e. The molecule has 1 saturated heterocycles. The molecular weight excluding hydrogens is 316 g/mol. The van der Waals surface area contributed by atoms with Gasteiger partial charge in [-0.3, -0.25) is 4.79 Å². The topological polar surface area (TPSA) is 41.1 Å². The SMILES string of the molecule is Cc1ccc(Br)cc1CCCC(=O)NCC1CCNC1. The van der Waals surface area contributed by atoms with Gasteiger partial charge in [0.2, 0.25) is 5.91 Å². The van der Waals surface area contributed by atoms with Crippen LogP contribution in [0.2, 0.25) is 0 Å². The molecule has 1 heterocycles. The summed E-state index contributed by atoms with van der Waals surface area (Å²) in [5.41, 5.74) is 2.62. The summed E-state index contributed by atoms with van der Waals surface area (Å²) in [6, 6.07) is 6.32. The highest BCUT2D eigenvalue weighted by Gasteiger charge is 2.14. The zero-order valence-electron chi connectivity index (χ0n) is 12.0. The van der Waals surface area contributed by atoms with E-state index < -0.39 is 0 Å². The molecule has 0 saturated carbocycles. The molecule has 1 fully saturated rings. The Morgan fingerprint density at radius 1 is 1.50 bits per heavy atom. The van der Waals surface area contributed by atoms with Crippen LogP contribution in [-0.4, -0.2) is 25.5 Å². The van der Waals surface area contributed by atoms with Gasteiger partial charge in [0, 0.05) is 17.4 Å². The third-order valence-corrected chi connectivity index (χ3v) is 4.40. The molecule has 0 bridgehead atoms. The first-order valence-corrected chi connectivity index (χ1v) is 8.17. The Balaban J connectivity index is 1.66. The van der Waals surface area contributed by atoms with Gasteiger partial charge in [-0.05, 0) is 68.5 Å². The molecule has 20 heavy (non-hydrogen) atoms. The molecule has 0 aromatic heterocycles. The van der Waals surface area contributed by atoms with Crippen molar-refractivity contribution in [2.45, 2.75) is 32.6 Å². The van der Waals surface area contributed by atoms with E-state index >= 15 is 0 Å². The summed E-state index contributed by atoms with van der Waals surface area (Å²) >= 11 is 3.49. The Morgan fingerprint density at radius 3 is 3.10 bits per heavy atom. The van der Waals surface area contributed by atoms with Crippen LogP contribution in [0.25, 0.3) is 0 Å². The van der Waals surface area contributed by atoms with Gasteiger partial charge in [-0.15, -0.1) is 0 Å². The molecule has 4 heteroatoms. The smallest absolute Gasteiger partial charge is 0.220 e. The predicted molar refractivity (Wildman–Crippen MR) is 85.8 cm³/mol. The van der Waals surface area contributed by atoms with Crippen LogP contribution < -0.4 is 10.6 Å². The molecule has 1 amide bonds. The summed E-state index contributed by atoms with van der Waals surface area (Å²) in [6.07, 6.45) is 3.67. The Kier molecular flexibility index (Phi) is 6.05. The van der Waals surface area contributed by atoms with Gasteiger partial charge in [-0.1, -0.05) is 22.0 Å². The van der Waals surface area contributed by atoms with Crippen molar-refractivity contribution in [3.8, 4) is 0 Å². The molecule has 2 N–H and O–H groups in total. The van der Waals surface area contributed by atoms with E-state index in [0.29, 0.717) is 12.3 Å². The monoisotopic (exact) mass is 338 g/mol. The van der Waals surface area contributed by atoms with Crippen LogP contribution in [0, 0.1) is 12.8 Å². The predicted octanol–water partition coefficient (Wildman–Crippen LogP) is 2.81. The average molecular weight is 339 g/mol. The molecule has 0 aliphatic carbocycles. The van der Waals surface area contributed by atoms with Crippen molar-refractivity contribution >= 4 is 21.8 Å². The molecule has 1 aliphatic heterocycles. The minimum atomic E-state index is 0.185. The highest BCUT2D eigenvalue weighted by molar-refractivity contribution is 9.10. The van der Waals surface area contributed by atoms with E-state index in [-0.39, 0.29) is 5.91 Å². The van der Waals surface area contributed by atoms with Gasteiger partial charge in [0.25, 0.3) is 0 Å². The second-order valence-electron chi connectivity index (χ2n) is 5.59. The molecular formula is C16H23BrN2O. The van der Waals surface area contributed by atoms with Crippen LogP contribution in [0.4, 0.5) is 0 Å². The van der Waals surface area contributed by atoms with Gasteiger partial charge in [-0.2, -0.15) is 0 Å². The summed E-state index contributed by atoms with van der Waals surface area (Å²) in [4.78, 5) is 11.8. The molecule has 1 aromatic rings. The third kappa shape index (κ3) is 4.91. The fraction of sp³-hybridized carbons (Fsp3) is 0.562. The highest BCUT2D eigenvalue weighted by atomic mass is 79.9. The lowest BCUT2D eigenvalue weighted by Crippen LogP contribution is -2.30. The zero-order chi connectivity index (χ0) is 14.4. The fourth-order valence-electron chi connectivity index (χ4n) is 2.58. The number of aryl methyl sites for hydroxylation is 2. The maximum absolute atomic E-state index is 11.8. The van der Waals surface area contributed by atoms with E-state index in [4.69, 9.17) is 0 Å². The number of amides is 1. The Bertz CT molecular complexity index is 456. The van der Waals surface area contributed by atoms with E-state index in [9.17, 15) is 4.79 Å². The van der Waals surface area contributed by atoms with Crippen molar-refractivity contribution in [2.24, 2.45) is 5.92 Å². The number of hydrogen-bond acceptors (Lipinski definition) is 2. The molecule has 2 rings (SSSR count). The van der Waals surface area contributed by atoms with E-state index in [2.05, 4.69) is 51.7 Å². The van der Waals surface area contributed by atoms with Crippen LogP contribution in [0.3, 0.4) is 0 Å². The van der Waals surface area contributed by atoms with Crippen LogP contribution >= 0.6 is 15.9 Å². The Morgan fingerprint density at radius 2 is 2.35 bits per heavy atom. The quantitative estimate of drug-likeness (QED) is 0.837. The molecule has 1 aromatic carbocycles. The van der Waals surface area contributed by atoms with Crippen LogP contribution in [-0.2, 0) is 11.2 Å². The maximum atomic E-state index is 11.8. The highest BCUT2D eigenvalue weighted by Crippen LogP contribution is 2.18. The fourth-order valence-corrected chi connectivity index (χ4v) is 2.99. The first-order valence-electron chi connectivity index (χ1n) is 7.37. The first kappa shape index (κ1) is 15.5. The summed E-state index contributed by atoms with van der Waals surface area (Å²) in [6.45, 7) is 5.07. The number of carbonyl (C=O) groups is 1. The Labute approximate surface area is 129 Å². The minimum absolute atomic E-state index is 0.185. The lowest BCUT2D eigenvalue weighted by atomic mass is 10.0. The van der Waals surface area contributed by atoms with Crippen molar-refractivity contribution in [1.82, 2.24) is 10.6 Å². The van der Waals surface area contributed by atoms with E-state index in [1.54, 1.807) is 0 Å². The number of carbonyl (C=O) groups excluding carboxylic acids is 1. The minimum Gasteiger partial charge on any atom is -0.356 e. The van der Waals surface area contributed by atoms with E-state index in [0.717, 1.165) is 36.9 Å². The van der Waals surface area contributed by atoms with Gasteiger partial charge in [0.1, 0.15) is 0 Å². The summed E-state index contributed by atoms with van der Waals surface area (Å²) in [5.74, 6) is 0.802. The lowest BCUT2D eigenvalue weighted by Gasteiger charge is -2.10. The molecule has 1 aliphatic rings. The Hall–Kier alpha value is -0.870. The summed E-state index contributed by atoms with van der Waals surface area (Å²) < 4.78 is 1.11. The van der Waals surface area contributed by atoms with Gasteiger partial charge in [0.05, 0.1) is 0 Å². The van der Waals surface area contributed by atoms with Gasteiger partial charge in [-0.25, -0.2) is 0 Å². The van der Waals surface area contributed by atoms with E-state index in [1.807, 2.05) is 0 Å². The zero-order valence-corrected chi connectivity index (χ0v) is 13.6. The summed E-state index contributed by atoms with van der Waals surface area (Å²) in [5, 5.41) is 6.37. The number of benzene rings is 1. The molecule has 0 radical (unpaired) electrons. The lowest BCUT2D eigenvalue weighted by molar-refractivity contribution is -0.121. The van der Waals surface area contributed by atoms with Crippen molar-refractivity contribution < 1.29 is 4.79 Å². The summed E-state index contributed by atoms with van der Waals surface area (Å²) in [7, 11) is 0. The van der Waals surface area contributed by atoms with Gasteiger partial charge >= 0.3 is 0 Å². The molecule has 1 unspecified atom stereocenters. The van der Waals surface area contributed by atoms with Gasteiger partial charge < -0.3 is 10.6 Å². The van der Waals surface area contributed by atoms with Crippen LogP contribution in [0.1, 0.15) is 30.4 Å². The van der Waals surface area contributed by atoms with Gasteiger partial charge in [0.15, 0.2) is 0 Å². The van der Waals surface area contributed by atoms with Crippen molar-refractivity contribution in [1.29, 1.82) is 0 Å². The number of halogens is 1. The molecule has 0 spiro atoms. The first-order chi connectivity index (χ1) is 9.65. The van der Waals surface area contributed by atoms with Crippen LogP contribution in [0.15, 0.2) is 22.7 Å². The number of hydrogen-bond donors (Lipinski definition) is 2. The second-order valence-corrected chi connectivity index (χ2v) is 6.50.